The minimum Gasteiger partial charge on any atom is -0.496 e. The molecule has 2 heterocycles. The summed E-state index contributed by atoms with van der Waals surface area (Å²) in [6.07, 6.45) is 3.51. The van der Waals surface area contributed by atoms with Crippen LogP contribution < -0.4 is 4.74 Å². The van der Waals surface area contributed by atoms with E-state index in [1.54, 1.807) is 24.3 Å². The zero-order chi connectivity index (χ0) is 25.9. The molecule has 0 saturated heterocycles. The van der Waals surface area contributed by atoms with E-state index in [2.05, 4.69) is 10.2 Å². The standard InChI is InChI=1S/C27H19Cl2N3O4S/c1-35-23-11-10-18(28)13-20(23)25-30-31-27(36-25)37-24(26(33)34)12-17-15-32(22-9-5-3-7-19(17)22)14-16-6-2-4-8-21(16)29/h2-13,15H,14H2,1H3,(H,33,34)/b24-12-. The summed E-state index contributed by atoms with van der Waals surface area (Å²) >= 11 is 13.4. The number of hydrogen-bond acceptors (Lipinski definition) is 6. The Bertz CT molecular complexity index is 1640. The second-order valence-electron chi connectivity index (χ2n) is 7.95. The van der Waals surface area contributed by atoms with Gasteiger partial charge in [-0.3, -0.25) is 0 Å². The number of halogens is 2. The summed E-state index contributed by atoms with van der Waals surface area (Å²) in [6, 6.07) is 20.4. The van der Waals surface area contributed by atoms with E-state index in [-0.39, 0.29) is 16.0 Å². The molecule has 0 bridgehead atoms. The quantitative estimate of drug-likeness (QED) is 0.160. The summed E-state index contributed by atoms with van der Waals surface area (Å²) in [7, 11) is 1.52. The minimum atomic E-state index is -1.12. The highest BCUT2D eigenvalue weighted by Crippen LogP contribution is 2.36. The highest BCUT2D eigenvalue weighted by molar-refractivity contribution is 8.03. The van der Waals surface area contributed by atoms with E-state index < -0.39 is 5.97 Å². The lowest BCUT2D eigenvalue weighted by molar-refractivity contribution is -0.131. The SMILES string of the molecule is COc1ccc(Cl)cc1-c1nnc(S/C(=C\c2cn(Cc3ccccc3Cl)c3ccccc23)C(=O)O)o1. The number of thioether (sulfide) groups is 1. The molecule has 0 fully saturated rings. The van der Waals surface area contributed by atoms with Crippen LogP contribution in [0.5, 0.6) is 5.75 Å². The van der Waals surface area contributed by atoms with Crippen molar-refractivity contribution in [2.24, 2.45) is 0 Å². The van der Waals surface area contributed by atoms with Crippen LogP contribution >= 0.6 is 35.0 Å². The van der Waals surface area contributed by atoms with Crippen molar-refractivity contribution in [3.05, 3.63) is 99.0 Å². The molecular weight excluding hydrogens is 533 g/mol. The first kappa shape index (κ1) is 25.0. The van der Waals surface area contributed by atoms with Gasteiger partial charge in [0.15, 0.2) is 0 Å². The van der Waals surface area contributed by atoms with Crippen LogP contribution in [0.3, 0.4) is 0 Å². The molecule has 0 spiro atoms. The molecule has 0 unspecified atom stereocenters. The highest BCUT2D eigenvalue weighted by atomic mass is 35.5. The van der Waals surface area contributed by atoms with Crippen LogP contribution in [0, 0.1) is 0 Å². The molecule has 2 aromatic heterocycles. The van der Waals surface area contributed by atoms with Crippen LogP contribution in [0.15, 0.2) is 87.5 Å². The van der Waals surface area contributed by atoms with Gasteiger partial charge in [0.25, 0.3) is 11.1 Å². The molecule has 0 radical (unpaired) electrons. The van der Waals surface area contributed by atoms with E-state index in [9.17, 15) is 9.90 Å². The number of carboxylic acids is 1. The Kier molecular flexibility index (Phi) is 7.23. The fourth-order valence-corrected chi connectivity index (χ4v) is 4.94. The van der Waals surface area contributed by atoms with E-state index in [0.29, 0.717) is 27.9 Å². The fourth-order valence-electron chi connectivity index (χ4n) is 3.91. The third-order valence-electron chi connectivity index (χ3n) is 5.61. The zero-order valence-corrected chi connectivity index (χ0v) is 21.7. The molecule has 5 aromatic rings. The number of nitrogens with zero attached hydrogens (tertiary/aromatic N) is 3. The van der Waals surface area contributed by atoms with E-state index >= 15 is 0 Å². The number of fused-ring (bicyclic) bond motifs is 1. The smallest absolute Gasteiger partial charge is 0.342 e. The topological polar surface area (TPSA) is 90.4 Å². The summed E-state index contributed by atoms with van der Waals surface area (Å²) in [5, 5.41) is 20.1. The van der Waals surface area contributed by atoms with Crippen LogP contribution in [0.2, 0.25) is 10.0 Å². The number of carboxylic acid groups (broad SMARTS) is 1. The van der Waals surface area contributed by atoms with Crippen molar-refractivity contribution in [1.82, 2.24) is 14.8 Å². The van der Waals surface area contributed by atoms with Gasteiger partial charge in [0.2, 0.25) is 0 Å². The molecule has 0 atom stereocenters. The summed E-state index contributed by atoms with van der Waals surface area (Å²) in [4.78, 5) is 12.2. The van der Waals surface area contributed by atoms with Gasteiger partial charge in [-0.15, -0.1) is 10.2 Å². The van der Waals surface area contributed by atoms with Crippen LogP contribution in [0.4, 0.5) is 0 Å². The molecule has 5 rings (SSSR count). The maximum absolute atomic E-state index is 12.2. The molecule has 0 saturated carbocycles. The first-order chi connectivity index (χ1) is 17.9. The number of hydrogen-bond donors (Lipinski definition) is 1. The molecule has 0 aliphatic rings. The number of aromatic nitrogens is 3. The number of benzene rings is 3. The number of rotatable bonds is 8. The molecule has 10 heteroatoms. The molecule has 3 aromatic carbocycles. The second-order valence-corrected chi connectivity index (χ2v) is 9.79. The third kappa shape index (κ3) is 5.36. The number of aliphatic carboxylic acids is 1. The van der Waals surface area contributed by atoms with Gasteiger partial charge >= 0.3 is 5.97 Å². The number of para-hydroxylation sites is 1. The summed E-state index contributed by atoms with van der Waals surface area (Å²) in [5.74, 6) is -0.444. The van der Waals surface area contributed by atoms with Gasteiger partial charge in [-0.1, -0.05) is 59.6 Å². The van der Waals surface area contributed by atoms with E-state index in [1.807, 2.05) is 59.3 Å². The molecular formula is C27H19Cl2N3O4S. The zero-order valence-electron chi connectivity index (χ0n) is 19.4. The van der Waals surface area contributed by atoms with Gasteiger partial charge in [-0.05, 0) is 53.7 Å². The summed E-state index contributed by atoms with van der Waals surface area (Å²) < 4.78 is 13.1. The first-order valence-electron chi connectivity index (χ1n) is 11.0. The maximum atomic E-state index is 12.2. The van der Waals surface area contributed by atoms with Crippen molar-refractivity contribution in [1.29, 1.82) is 0 Å². The van der Waals surface area contributed by atoms with Gasteiger partial charge < -0.3 is 18.8 Å². The van der Waals surface area contributed by atoms with E-state index in [1.165, 1.54) is 7.11 Å². The van der Waals surface area contributed by atoms with Crippen LogP contribution in [-0.2, 0) is 11.3 Å². The van der Waals surface area contributed by atoms with Gasteiger partial charge in [0.1, 0.15) is 10.7 Å². The highest BCUT2D eigenvalue weighted by Gasteiger charge is 2.19. The van der Waals surface area contributed by atoms with Gasteiger partial charge in [0.05, 0.1) is 12.7 Å². The lowest BCUT2D eigenvalue weighted by Crippen LogP contribution is -1.98. The lowest BCUT2D eigenvalue weighted by Gasteiger charge is -2.07. The molecule has 7 nitrogen and oxygen atoms in total. The minimum absolute atomic E-state index is 0.0221. The molecule has 0 aliphatic carbocycles. The molecule has 0 aliphatic heterocycles. The fraction of sp³-hybridized carbons (Fsp3) is 0.0741. The predicted octanol–water partition coefficient (Wildman–Crippen LogP) is 7.27. The Morgan fingerprint density at radius 2 is 1.89 bits per heavy atom. The molecule has 186 valence electrons. The first-order valence-corrected chi connectivity index (χ1v) is 12.6. The predicted molar refractivity (Wildman–Crippen MR) is 145 cm³/mol. The van der Waals surface area contributed by atoms with E-state index in [0.717, 1.165) is 33.8 Å². The Balaban J connectivity index is 1.49. The largest absolute Gasteiger partial charge is 0.496 e. The van der Waals surface area contributed by atoms with Crippen LogP contribution in [-0.4, -0.2) is 33.0 Å². The van der Waals surface area contributed by atoms with Crippen molar-refractivity contribution in [3.63, 3.8) is 0 Å². The van der Waals surface area contributed by atoms with E-state index in [4.69, 9.17) is 32.4 Å². The van der Waals surface area contributed by atoms with Gasteiger partial charge in [0, 0.05) is 39.3 Å². The Morgan fingerprint density at radius 1 is 1.11 bits per heavy atom. The average Bonchev–Trinajstić information content (AvgIpc) is 3.50. The van der Waals surface area contributed by atoms with Crippen molar-refractivity contribution in [2.75, 3.05) is 7.11 Å². The van der Waals surface area contributed by atoms with Crippen LogP contribution in [0.1, 0.15) is 11.1 Å². The monoisotopic (exact) mass is 551 g/mol. The van der Waals surface area contributed by atoms with Crippen LogP contribution in [0.25, 0.3) is 28.4 Å². The normalized spacial score (nSPS) is 11.7. The Morgan fingerprint density at radius 3 is 2.68 bits per heavy atom. The van der Waals surface area contributed by atoms with Gasteiger partial charge in [-0.2, -0.15) is 0 Å². The van der Waals surface area contributed by atoms with Gasteiger partial charge in [-0.25, -0.2) is 4.79 Å². The van der Waals surface area contributed by atoms with Crippen molar-refractivity contribution >= 4 is 57.9 Å². The van der Waals surface area contributed by atoms with Crippen molar-refractivity contribution in [2.45, 2.75) is 11.8 Å². The summed E-state index contributed by atoms with van der Waals surface area (Å²) in [5.41, 5.74) is 3.17. The average molecular weight is 552 g/mol. The molecule has 37 heavy (non-hydrogen) atoms. The van der Waals surface area contributed by atoms with Crippen molar-refractivity contribution in [3.8, 4) is 17.2 Å². The molecule has 1 N–H and O–H groups in total. The molecule has 0 amide bonds. The maximum Gasteiger partial charge on any atom is 0.342 e. The lowest BCUT2D eigenvalue weighted by atomic mass is 10.1. The third-order valence-corrected chi connectivity index (χ3v) is 7.07. The van der Waals surface area contributed by atoms with Crippen molar-refractivity contribution < 1.29 is 19.1 Å². The number of ether oxygens (including phenoxy) is 1. The number of carbonyl (C=O) groups is 1. The summed E-state index contributed by atoms with van der Waals surface area (Å²) in [6.45, 7) is 0.540. The Labute approximate surface area is 226 Å². The number of methoxy groups -OCH3 is 1. The second kappa shape index (κ2) is 10.7. The Hall–Kier alpha value is -3.72.